The van der Waals surface area contributed by atoms with E-state index in [9.17, 15) is 4.79 Å². The molecule has 2 nitrogen and oxygen atoms in total. The minimum Gasteiger partial charge on any atom is -0.462 e. The van der Waals surface area contributed by atoms with Crippen molar-refractivity contribution in [1.82, 2.24) is 0 Å². The highest BCUT2D eigenvalue weighted by Crippen LogP contribution is 2.45. The Balaban J connectivity index is 2.05. The summed E-state index contributed by atoms with van der Waals surface area (Å²) in [6.07, 6.45) is 5.95. The van der Waals surface area contributed by atoms with Crippen molar-refractivity contribution in [2.45, 2.75) is 45.1 Å². The molecule has 2 aliphatic rings. The van der Waals surface area contributed by atoms with Gasteiger partial charge in [-0.05, 0) is 38.0 Å². The predicted molar refractivity (Wildman–Crippen MR) is 54.8 cm³/mol. The van der Waals surface area contributed by atoms with Crippen LogP contribution in [0.15, 0.2) is 12.2 Å². The zero-order chi connectivity index (χ0) is 10.1. The van der Waals surface area contributed by atoms with Crippen LogP contribution < -0.4 is 0 Å². The van der Waals surface area contributed by atoms with E-state index < -0.39 is 0 Å². The van der Waals surface area contributed by atoms with Gasteiger partial charge in [0.2, 0.25) is 0 Å². The number of allylic oxidation sites excluding steroid dienone is 1. The third-order valence-electron chi connectivity index (χ3n) is 3.64. The Morgan fingerprint density at radius 2 is 2.21 bits per heavy atom. The SMILES string of the molecule is C=C1CCC2C(OC(C)=O)CCCC12. The summed E-state index contributed by atoms with van der Waals surface area (Å²) in [4.78, 5) is 10.9. The molecule has 2 fully saturated rings. The van der Waals surface area contributed by atoms with Crippen molar-refractivity contribution in [2.24, 2.45) is 11.8 Å². The highest BCUT2D eigenvalue weighted by molar-refractivity contribution is 5.66. The summed E-state index contributed by atoms with van der Waals surface area (Å²) in [5.41, 5.74) is 1.38. The molecule has 2 aliphatic carbocycles. The molecule has 0 aliphatic heterocycles. The highest BCUT2D eigenvalue weighted by Gasteiger charge is 2.40. The third kappa shape index (κ3) is 1.70. The average molecular weight is 194 g/mol. The number of esters is 1. The van der Waals surface area contributed by atoms with Gasteiger partial charge in [0.05, 0.1) is 0 Å². The van der Waals surface area contributed by atoms with Crippen LogP contribution in [0.5, 0.6) is 0 Å². The molecule has 14 heavy (non-hydrogen) atoms. The minimum absolute atomic E-state index is 0.131. The first-order chi connectivity index (χ1) is 6.68. The van der Waals surface area contributed by atoms with Gasteiger partial charge in [-0.15, -0.1) is 0 Å². The lowest BCUT2D eigenvalue weighted by Gasteiger charge is -2.33. The van der Waals surface area contributed by atoms with E-state index in [-0.39, 0.29) is 12.1 Å². The number of carbonyl (C=O) groups is 1. The summed E-state index contributed by atoms with van der Waals surface area (Å²) in [6.45, 7) is 5.62. The van der Waals surface area contributed by atoms with Crippen LogP contribution in [0.4, 0.5) is 0 Å². The van der Waals surface area contributed by atoms with Crippen LogP contribution in [0.25, 0.3) is 0 Å². The highest BCUT2D eigenvalue weighted by atomic mass is 16.5. The summed E-state index contributed by atoms with van der Waals surface area (Å²) >= 11 is 0. The number of rotatable bonds is 1. The van der Waals surface area contributed by atoms with Crippen molar-refractivity contribution in [3.8, 4) is 0 Å². The molecule has 0 heterocycles. The van der Waals surface area contributed by atoms with Gasteiger partial charge in [0.1, 0.15) is 6.10 Å². The molecule has 0 spiro atoms. The van der Waals surface area contributed by atoms with Crippen LogP contribution in [-0.4, -0.2) is 12.1 Å². The fourth-order valence-electron chi connectivity index (χ4n) is 3.02. The molecular formula is C12H18O2. The van der Waals surface area contributed by atoms with Gasteiger partial charge in [-0.3, -0.25) is 4.79 Å². The fraction of sp³-hybridized carbons (Fsp3) is 0.750. The van der Waals surface area contributed by atoms with E-state index in [0.717, 1.165) is 12.8 Å². The molecule has 78 valence electrons. The Bertz CT molecular complexity index is 257. The van der Waals surface area contributed by atoms with Crippen molar-refractivity contribution >= 4 is 5.97 Å². The smallest absolute Gasteiger partial charge is 0.302 e. The van der Waals surface area contributed by atoms with Gasteiger partial charge >= 0.3 is 5.97 Å². The lowest BCUT2D eigenvalue weighted by atomic mass is 9.78. The van der Waals surface area contributed by atoms with E-state index >= 15 is 0 Å². The quantitative estimate of drug-likeness (QED) is 0.474. The predicted octanol–water partition coefficient (Wildman–Crippen LogP) is 2.68. The van der Waals surface area contributed by atoms with Gasteiger partial charge in [0.25, 0.3) is 0 Å². The minimum atomic E-state index is -0.131. The van der Waals surface area contributed by atoms with Crippen molar-refractivity contribution < 1.29 is 9.53 Å². The van der Waals surface area contributed by atoms with Crippen molar-refractivity contribution in [2.75, 3.05) is 0 Å². The maximum absolute atomic E-state index is 10.9. The summed E-state index contributed by atoms with van der Waals surface area (Å²) in [5.74, 6) is 1.07. The summed E-state index contributed by atoms with van der Waals surface area (Å²) in [5, 5.41) is 0. The van der Waals surface area contributed by atoms with E-state index in [4.69, 9.17) is 4.74 Å². The van der Waals surface area contributed by atoms with E-state index in [1.165, 1.54) is 31.8 Å². The first-order valence-electron chi connectivity index (χ1n) is 5.53. The molecule has 0 saturated heterocycles. The molecule has 0 N–H and O–H groups in total. The molecule has 2 saturated carbocycles. The lowest BCUT2D eigenvalue weighted by Crippen LogP contribution is -2.32. The summed E-state index contributed by atoms with van der Waals surface area (Å²) in [7, 11) is 0. The number of ether oxygens (including phenoxy) is 1. The molecular weight excluding hydrogens is 176 g/mol. The van der Waals surface area contributed by atoms with E-state index in [1.54, 1.807) is 0 Å². The van der Waals surface area contributed by atoms with Gasteiger partial charge in [0.15, 0.2) is 0 Å². The maximum atomic E-state index is 10.9. The Morgan fingerprint density at radius 3 is 2.93 bits per heavy atom. The Hall–Kier alpha value is -0.790. The van der Waals surface area contributed by atoms with Gasteiger partial charge in [-0.2, -0.15) is 0 Å². The monoisotopic (exact) mass is 194 g/mol. The molecule has 3 atom stereocenters. The second-order valence-electron chi connectivity index (χ2n) is 4.55. The van der Waals surface area contributed by atoms with Crippen LogP contribution >= 0.6 is 0 Å². The Morgan fingerprint density at radius 1 is 1.43 bits per heavy atom. The standard InChI is InChI=1S/C12H18O2/c1-8-6-7-11-10(8)4-3-5-12(11)14-9(2)13/h10-12H,1,3-7H2,2H3. The van der Waals surface area contributed by atoms with Crippen molar-refractivity contribution in [3.63, 3.8) is 0 Å². The second kappa shape index (κ2) is 3.76. The van der Waals surface area contributed by atoms with Crippen molar-refractivity contribution in [3.05, 3.63) is 12.2 Å². The van der Waals surface area contributed by atoms with E-state index in [0.29, 0.717) is 11.8 Å². The van der Waals surface area contributed by atoms with Gasteiger partial charge in [-0.25, -0.2) is 0 Å². The Labute approximate surface area is 85.3 Å². The van der Waals surface area contributed by atoms with Crippen LogP contribution in [0, 0.1) is 11.8 Å². The number of carbonyl (C=O) groups excluding carboxylic acids is 1. The van der Waals surface area contributed by atoms with Crippen LogP contribution in [0.2, 0.25) is 0 Å². The molecule has 3 unspecified atom stereocenters. The van der Waals surface area contributed by atoms with Crippen LogP contribution in [0.1, 0.15) is 39.0 Å². The van der Waals surface area contributed by atoms with Crippen molar-refractivity contribution in [1.29, 1.82) is 0 Å². The van der Waals surface area contributed by atoms with Gasteiger partial charge in [-0.1, -0.05) is 12.2 Å². The molecule has 0 aromatic heterocycles. The van der Waals surface area contributed by atoms with E-state index in [1.807, 2.05) is 0 Å². The third-order valence-corrected chi connectivity index (χ3v) is 3.64. The maximum Gasteiger partial charge on any atom is 0.302 e. The largest absolute Gasteiger partial charge is 0.462 e. The lowest BCUT2D eigenvalue weighted by molar-refractivity contribution is -0.151. The Kier molecular flexibility index (Phi) is 2.62. The summed E-state index contributed by atoms with van der Waals surface area (Å²) in [6, 6.07) is 0. The van der Waals surface area contributed by atoms with Gasteiger partial charge in [0, 0.05) is 12.8 Å². The number of fused-ring (bicyclic) bond motifs is 1. The zero-order valence-corrected chi connectivity index (χ0v) is 8.79. The zero-order valence-electron chi connectivity index (χ0n) is 8.79. The molecule has 0 aromatic rings. The normalized spacial score (nSPS) is 36.6. The molecule has 0 aromatic carbocycles. The van der Waals surface area contributed by atoms with Crippen LogP contribution in [0.3, 0.4) is 0 Å². The van der Waals surface area contributed by atoms with Crippen LogP contribution in [-0.2, 0) is 9.53 Å². The molecule has 2 rings (SSSR count). The molecule has 0 radical (unpaired) electrons. The fourth-order valence-corrected chi connectivity index (χ4v) is 3.02. The molecule has 2 heteroatoms. The summed E-state index contributed by atoms with van der Waals surface area (Å²) < 4.78 is 5.37. The second-order valence-corrected chi connectivity index (χ2v) is 4.55. The number of hydrogen-bond donors (Lipinski definition) is 0. The topological polar surface area (TPSA) is 26.3 Å². The van der Waals surface area contributed by atoms with E-state index in [2.05, 4.69) is 6.58 Å². The first kappa shape index (κ1) is 9.75. The molecule has 0 amide bonds. The number of hydrogen-bond acceptors (Lipinski definition) is 2. The first-order valence-corrected chi connectivity index (χ1v) is 5.53. The van der Waals surface area contributed by atoms with Gasteiger partial charge < -0.3 is 4.74 Å². The average Bonchev–Trinajstić information content (AvgIpc) is 2.49. The molecule has 0 bridgehead atoms.